The van der Waals surface area contributed by atoms with Gasteiger partial charge in [-0.05, 0) is 19.3 Å². The lowest BCUT2D eigenvalue weighted by Gasteiger charge is -2.24. The lowest BCUT2D eigenvalue weighted by Crippen LogP contribution is -2.52. The summed E-state index contributed by atoms with van der Waals surface area (Å²) in [6.45, 7) is 3.19. The number of carbonyl (C=O) groups is 1. The molecule has 2 atom stereocenters. The smallest absolute Gasteiger partial charge is 0.238 e. The van der Waals surface area contributed by atoms with Gasteiger partial charge in [0.15, 0.2) is 0 Å². The Morgan fingerprint density at radius 3 is 2.94 bits per heavy atom. The van der Waals surface area contributed by atoms with E-state index in [0.717, 1.165) is 37.1 Å². The van der Waals surface area contributed by atoms with Crippen molar-refractivity contribution < 1.29 is 4.79 Å². The first kappa shape index (κ1) is 11.8. The van der Waals surface area contributed by atoms with E-state index in [-0.39, 0.29) is 11.9 Å². The summed E-state index contributed by atoms with van der Waals surface area (Å²) in [6, 6.07) is 1.25. The summed E-state index contributed by atoms with van der Waals surface area (Å²) in [6.07, 6.45) is 3.85. The molecule has 2 N–H and O–H groups in total. The van der Waals surface area contributed by atoms with E-state index in [4.69, 9.17) is 0 Å². The molecule has 0 aromatic heterocycles. The molecular formula is C12H21N3OS. The van der Waals surface area contributed by atoms with Crippen molar-refractivity contribution in [1.82, 2.24) is 15.5 Å². The molecular weight excluding hydrogens is 234 g/mol. The Kier molecular flexibility index (Phi) is 3.59. The van der Waals surface area contributed by atoms with E-state index in [2.05, 4.69) is 15.5 Å². The molecule has 2 heterocycles. The highest BCUT2D eigenvalue weighted by molar-refractivity contribution is 7.99. The molecule has 2 aliphatic heterocycles. The zero-order valence-corrected chi connectivity index (χ0v) is 11.0. The number of nitrogens with zero attached hydrogens (tertiary/aromatic N) is 1. The Morgan fingerprint density at radius 2 is 2.24 bits per heavy atom. The highest BCUT2D eigenvalue weighted by Gasteiger charge is 2.35. The van der Waals surface area contributed by atoms with Crippen LogP contribution >= 0.6 is 11.8 Å². The third kappa shape index (κ3) is 2.95. The number of rotatable bonds is 3. The maximum absolute atomic E-state index is 12.0. The third-order valence-corrected chi connectivity index (χ3v) is 4.93. The topological polar surface area (TPSA) is 44.4 Å². The summed E-state index contributed by atoms with van der Waals surface area (Å²) in [7, 11) is 0. The van der Waals surface area contributed by atoms with Crippen molar-refractivity contribution in [2.24, 2.45) is 0 Å². The third-order valence-electron chi connectivity index (χ3n) is 3.87. The Morgan fingerprint density at radius 1 is 1.35 bits per heavy atom. The maximum atomic E-state index is 12.0. The summed E-state index contributed by atoms with van der Waals surface area (Å²) < 4.78 is 0. The van der Waals surface area contributed by atoms with E-state index in [9.17, 15) is 4.79 Å². The van der Waals surface area contributed by atoms with Crippen molar-refractivity contribution in [1.29, 1.82) is 0 Å². The minimum absolute atomic E-state index is 0.0312. The van der Waals surface area contributed by atoms with Gasteiger partial charge in [-0.15, -0.1) is 0 Å². The number of hydrogen-bond donors (Lipinski definition) is 2. The number of hydrogen-bond acceptors (Lipinski definition) is 4. The van der Waals surface area contributed by atoms with Gasteiger partial charge in [0, 0.05) is 43.2 Å². The first-order chi connectivity index (χ1) is 8.33. The average molecular weight is 255 g/mol. The van der Waals surface area contributed by atoms with Crippen LogP contribution in [0.1, 0.15) is 19.3 Å². The molecule has 0 aromatic carbocycles. The van der Waals surface area contributed by atoms with E-state index in [1.54, 1.807) is 0 Å². The van der Waals surface area contributed by atoms with Crippen molar-refractivity contribution in [2.75, 3.05) is 31.1 Å². The van der Waals surface area contributed by atoms with E-state index in [1.807, 2.05) is 11.8 Å². The summed E-state index contributed by atoms with van der Waals surface area (Å²) in [5.41, 5.74) is 0. The zero-order valence-electron chi connectivity index (χ0n) is 10.2. The van der Waals surface area contributed by atoms with Gasteiger partial charge >= 0.3 is 0 Å². The van der Waals surface area contributed by atoms with E-state index >= 15 is 0 Å². The Labute approximate surface area is 107 Å². The first-order valence-electron chi connectivity index (χ1n) is 6.68. The summed E-state index contributed by atoms with van der Waals surface area (Å²) >= 11 is 1.87. The van der Waals surface area contributed by atoms with E-state index in [1.165, 1.54) is 19.4 Å². The molecule has 5 heteroatoms. The SMILES string of the molecule is O=C(NC1CCN(C2CC2)C1)C1CSCCN1. The number of amides is 1. The molecule has 0 radical (unpaired) electrons. The van der Waals surface area contributed by atoms with Gasteiger partial charge in [0.2, 0.25) is 5.91 Å². The van der Waals surface area contributed by atoms with Gasteiger partial charge in [-0.1, -0.05) is 0 Å². The van der Waals surface area contributed by atoms with Gasteiger partial charge in [0.05, 0.1) is 6.04 Å². The van der Waals surface area contributed by atoms with Gasteiger partial charge in [-0.2, -0.15) is 11.8 Å². The van der Waals surface area contributed by atoms with Crippen LogP contribution in [-0.4, -0.2) is 60.1 Å². The van der Waals surface area contributed by atoms with Gasteiger partial charge < -0.3 is 10.6 Å². The molecule has 3 rings (SSSR count). The van der Waals surface area contributed by atoms with Crippen molar-refractivity contribution in [3.05, 3.63) is 0 Å². The Hall–Kier alpha value is -0.260. The highest BCUT2D eigenvalue weighted by Crippen LogP contribution is 2.29. The molecule has 3 fully saturated rings. The van der Waals surface area contributed by atoms with Crippen LogP contribution in [0, 0.1) is 0 Å². The molecule has 1 amide bonds. The highest BCUT2D eigenvalue weighted by atomic mass is 32.2. The first-order valence-corrected chi connectivity index (χ1v) is 7.84. The van der Waals surface area contributed by atoms with E-state index < -0.39 is 0 Å². The zero-order chi connectivity index (χ0) is 11.7. The van der Waals surface area contributed by atoms with Gasteiger partial charge in [-0.25, -0.2) is 0 Å². The fraction of sp³-hybridized carbons (Fsp3) is 0.917. The standard InChI is InChI=1S/C12H21N3OS/c16-12(11-8-17-6-4-13-11)14-9-3-5-15(7-9)10-1-2-10/h9-11,13H,1-8H2,(H,14,16). The molecule has 3 aliphatic rings. The second-order valence-corrected chi connectivity index (χ2v) is 6.45. The maximum Gasteiger partial charge on any atom is 0.238 e. The van der Waals surface area contributed by atoms with Gasteiger partial charge in [0.1, 0.15) is 0 Å². The average Bonchev–Trinajstić information content (AvgIpc) is 3.12. The molecule has 2 saturated heterocycles. The van der Waals surface area contributed by atoms with Crippen molar-refractivity contribution in [2.45, 2.75) is 37.4 Å². The molecule has 0 spiro atoms. The predicted octanol–water partition coefficient (Wildman–Crippen LogP) is 0.0443. The molecule has 0 aromatic rings. The van der Waals surface area contributed by atoms with Crippen LogP contribution in [-0.2, 0) is 4.79 Å². The molecule has 4 nitrogen and oxygen atoms in total. The van der Waals surface area contributed by atoms with E-state index in [0.29, 0.717) is 6.04 Å². The fourth-order valence-electron chi connectivity index (χ4n) is 2.71. The van der Waals surface area contributed by atoms with Crippen LogP contribution in [0.4, 0.5) is 0 Å². The fourth-order valence-corrected chi connectivity index (χ4v) is 3.65. The summed E-state index contributed by atoms with van der Waals surface area (Å²) in [5.74, 6) is 2.26. The van der Waals surface area contributed by atoms with Crippen LogP contribution in [0.5, 0.6) is 0 Å². The number of likely N-dealkylation sites (tertiary alicyclic amines) is 1. The quantitative estimate of drug-likeness (QED) is 0.748. The Bertz CT molecular complexity index is 289. The van der Waals surface area contributed by atoms with Crippen molar-refractivity contribution in [3.63, 3.8) is 0 Å². The molecule has 17 heavy (non-hydrogen) atoms. The predicted molar refractivity (Wildman–Crippen MR) is 70.3 cm³/mol. The van der Waals surface area contributed by atoms with Crippen LogP contribution < -0.4 is 10.6 Å². The van der Waals surface area contributed by atoms with Crippen LogP contribution in [0.15, 0.2) is 0 Å². The lowest BCUT2D eigenvalue weighted by molar-refractivity contribution is -0.123. The van der Waals surface area contributed by atoms with Crippen molar-refractivity contribution >= 4 is 17.7 Å². The second kappa shape index (κ2) is 5.16. The normalized spacial score (nSPS) is 34.8. The molecule has 1 aliphatic carbocycles. The van der Waals surface area contributed by atoms with Crippen molar-refractivity contribution in [3.8, 4) is 0 Å². The minimum Gasteiger partial charge on any atom is -0.351 e. The van der Waals surface area contributed by atoms with Gasteiger partial charge in [-0.3, -0.25) is 9.69 Å². The largest absolute Gasteiger partial charge is 0.351 e. The minimum atomic E-state index is 0.0312. The number of nitrogens with one attached hydrogen (secondary N) is 2. The lowest BCUT2D eigenvalue weighted by atomic mass is 10.2. The molecule has 2 unspecified atom stereocenters. The molecule has 0 bridgehead atoms. The van der Waals surface area contributed by atoms with Gasteiger partial charge in [0.25, 0.3) is 0 Å². The monoisotopic (exact) mass is 255 g/mol. The van der Waals surface area contributed by atoms with Crippen LogP contribution in [0.2, 0.25) is 0 Å². The summed E-state index contributed by atoms with van der Waals surface area (Å²) in [4.78, 5) is 14.6. The Balaban J connectivity index is 1.44. The second-order valence-electron chi connectivity index (χ2n) is 5.30. The molecule has 1 saturated carbocycles. The summed E-state index contributed by atoms with van der Waals surface area (Å²) in [5, 5.41) is 6.50. The number of carbonyl (C=O) groups excluding carboxylic acids is 1. The van der Waals surface area contributed by atoms with Crippen LogP contribution in [0.25, 0.3) is 0 Å². The van der Waals surface area contributed by atoms with Crippen LogP contribution in [0.3, 0.4) is 0 Å². The molecule has 96 valence electrons. The number of thioether (sulfide) groups is 1.